The van der Waals surface area contributed by atoms with Gasteiger partial charge in [0.1, 0.15) is 11.4 Å². The molecular formula is C9H2ClF4NO. The molecule has 0 aliphatic rings. The second-order valence-corrected chi connectivity index (χ2v) is 3.08. The van der Waals surface area contributed by atoms with Gasteiger partial charge in [-0.2, -0.15) is 18.4 Å². The summed E-state index contributed by atoms with van der Waals surface area (Å²) >= 11 is 4.90. The molecule has 84 valence electrons. The molecule has 0 aliphatic carbocycles. The average Bonchev–Trinajstić information content (AvgIpc) is 2.14. The third-order valence-corrected chi connectivity index (χ3v) is 1.96. The van der Waals surface area contributed by atoms with Gasteiger partial charge in [0.25, 0.3) is 5.24 Å². The Kier molecular flexibility index (Phi) is 3.19. The largest absolute Gasteiger partial charge is 0.420 e. The van der Waals surface area contributed by atoms with Crippen LogP contribution in [0.25, 0.3) is 0 Å². The molecule has 7 heteroatoms. The molecule has 0 fully saturated rings. The molecule has 0 N–H and O–H groups in total. The number of nitriles is 1. The van der Waals surface area contributed by atoms with Gasteiger partial charge in [0.05, 0.1) is 17.2 Å². The summed E-state index contributed by atoms with van der Waals surface area (Å²) in [5.74, 6) is -1.83. The predicted molar refractivity (Wildman–Crippen MR) is 46.3 cm³/mol. The summed E-state index contributed by atoms with van der Waals surface area (Å²) in [5, 5.41) is 7.05. The molecule has 0 atom stereocenters. The summed E-state index contributed by atoms with van der Waals surface area (Å²) in [6.07, 6.45) is -5.06. The Bertz CT molecular complexity index is 490. The molecule has 1 aromatic carbocycles. The van der Waals surface area contributed by atoms with Gasteiger partial charge in [0.2, 0.25) is 0 Å². The van der Waals surface area contributed by atoms with E-state index in [0.717, 1.165) is 6.07 Å². The highest BCUT2D eigenvalue weighted by Gasteiger charge is 2.38. The normalized spacial score (nSPS) is 11.0. The molecule has 0 aliphatic heterocycles. The number of hydrogen-bond donors (Lipinski definition) is 0. The number of hydrogen-bond acceptors (Lipinski definition) is 2. The number of rotatable bonds is 1. The first kappa shape index (κ1) is 12.5. The second kappa shape index (κ2) is 4.10. The van der Waals surface area contributed by atoms with Gasteiger partial charge in [0.15, 0.2) is 0 Å². The lowest BCUT2D eigenvalue weighted by atomic mass is 10.0. The standard InChI is InChI=1S/C9H2ClF4NO/c10-8(16)5-2-1-4(3-15)6(7(5)11)9(12,13)14/h1-2H. The average molecular weight is 252 g/mol. The fourth-order valence-electron chi connectivity index (χ4n) is 1.10. The number of nitrogens with zero attached hydrogens (tertiary/aromatic N) is 1. The van der Waals surface area contributed by atoms with Crippen LogP contribution < -0.4 is 0 Å². The molecule has 0 bridgehead atoms. The van der Waals surface area contributed by atoms with Crippen LogP contribution in [0.2, 0.25) is 0 Å². The summed E-state index contributed by atoms with van der Waals surface area (Å²) < 4.78 is 50.5. The lowest BCUT2D eigenvalue weighted by molar-refractivity contribution is -0.140. The van der Waals surface area contributed by atoms with E-state index >= 15 is 0 Å². The molecule has 1 rings (SSSR count). The Morgan fingerprint density at radius 2 is 1.94 bits per heavy atom. The fourth-order valence-corrected chi connectivity index (χ4v) is 1.24. The van der Waals surface area contributed by atoms with Crippen LogP contribution in [0, 0.1) is 17.1 Å². The molecule has 0 radical (unpaired) electrons. The van der Waals surface area contributed by atoms with Crippen molar-refractivity contribution in [3.8, 4) is 6.07 Å². The van der Waals surface area contributed by atoms with Crippen LogP contribution in [0.3, 0.4) is 0 Å². The van der Waals surface area contributed by atoms with Crippen molar-refractivity contribution in [2.45, 2.75) is 6.18 Å². The third-order valence-electron chi connectivity index (χ3n) is 1.76. The minimum atomic E-state index is -5.06. The van der Waals surface area contributed by atoms with Gasteiger partial charge >= 0.3 is 6.18 Å². The highest BCUT2D eigenvalue weighted by atomic mass is 35.5. The van der Waals surface area contributed by atoms with Crippen molar-refractivity contribution >= 4 is 16.8 Å². The van der Waals surface area contributed by atoms with Crippen LogP contribution in [0.15, 0.2) is 12.1 Å². The maximum atomic E-state index is 13.3. The van der Waals surface area contributed by atoms with Gasteiger partial charge in [-0.25, -0.2) is 4.39 Å². The Hall–Kier alpha value is -1.61. The van der Waals surface area contributed by atoms with E-state index < -0.39 is 33.9 Å². The maximum Gasteiger partial charge on any atom is 0.420 e. The molecule has 16 heavy (non-hydrogen) atoms. The van der Waals surface area contributed by atoms with Crippen molar-refractivity contribution in [2.24, 2.45) is 0 Å². The van der Waals surface area contributed by atoms with E-state index in [1.54, 1.807) is 0 Å². The fraction of sp³-hybridized carbons (Fsp3) is 0.111. The Morgan fingerprint density at radius 1 is 1.38 bits per heavy atom. The molecule has 0 unspecified atom stereocenters. The Balaban J connectivity index is 3.62. The van der Waals surface area contributed by atoms with Crippen LogP contribution in [-0.2, 0) is 6.18 Å². The van der Waals surface area contributed by atoms with E-state index in [9.17, 15) is 22.4 Å². The second-order valence-electron chi connectivity index (χ2n) is 2.73. The van der Waals surface area contributed by atoms with E-state index in [1.807, 2.05) is 0 Å². The van der Waals surface area contributed by atoms with Gasteiger partial charge in [0, 0.05) is 0 Å². The SMILES string of the molecule is N#Cc1ccc(C(=O)Cl)c(F)c1C(F)(F)F. The quantitative estimate of drug-likeness (QED) is 0.568. The van der Waals surface area contributed by atoms with Gasteiger partial charge in [-0.1, -0.05) is 0 Å². The monoisotopic (exact) mass is 251 g/mol. The molecule has 0 spiro atoms. The smallest absolute Gasteiger partial charge is 0.275 e. The van der Waals surface area contributed by atoms with Gasteiger partial charge in [-0.3, -0.25) is 4.79 Å². The van der Waals surface area contributed by atoms with Crippen molar-refractivity contribution in [3.05, 3.63) is 34.6 Å². The number of carbonyl (C=O) groups excluding carboxylic acids is 1. The minimum absolute atomic E-state index is 0.696. The lowest BCUT2D eigenvalue weighted by Crippen LogP contribution is -2.13. The van der Waals surface area contributed by atoms with Crippen molar-refractivity contribution in [2.75, 3.05) is 0 Å². The van der Waals surface area contributed by atoms with E-state index in [2.05, 4.69) is 0 Å². The highest BCUT2D eigenvalue weighted by molar-refractivity contribution is 6.67. The summed E-state index contributed by atoms with van der Waals surface area (Å²) in [6, 6.07) is 2.63. The molecule has 0 saturated carbocycles. The predicted octanol–water partition coefficient (Wildman–Crippen LogP) is 3.10. The number of carbonyl (C=O) groups is 1. The van der Waals surface area contributed by atoms with Crippen molar-refractivity contribution in [3.63, 3.8) is 0 Å². The van der Waals surface area contributed by atoms with Crippen LogP contribution in [0.4, 0.5) is 17.6 Å². The van der Waals surface area contributed by atoms with Crippen LogP contribution in [0.1, 0.15) is 21.5 Å². The van der Waals surface area contributed by atoms with E-state index in [4.69, 9.17) is 16.9 Å². The first-order valence-corrected chi connectivity index (χ1v) is 4.16. The minimum Gasteiger partial charge on any atom is -0.275 e. The van der Waals surface area contributed by atoms with Crippen molar-refractivity contribution in [1.82, 2.24) is 0 Å². The summed E-state index contributed by atoms with van der Waals surface area (Å²) in [5.41, 5.74) is -3.58. The molecule has 0 amide bonds. The van der Waals surface area contributed by atoms with Crippen molar-refractivity contribution < 1.29 is 22.4 Å². The zero-order valence-electron chi connectivity index (χ0n) is 7.40. The van der Waals surface area contributed by atoms with E-state index in [1.165, 1.54) is 6.07 Å². The molecule has 2 nitrogen and oxygen atoms in total. The first-order chi connectivity index (χ1) is 7.29. The third kappa shape index (κ3) is 2.14. The Labute approximate surface area is 92.0 Å². The summed E-state index contributed by atoms with van der Waals surface area (Å²) in [7, 11) is 0. The van der Waals surface area contributed by atoms with Crippen LogP contribution in [-0.4, -0.2) is 5.24 Å². The van der Waals surface area contributed by atoms with E-state index in [0.29, 0.717) is 6.07 Å². The molecule has 0 heterocycles. The summed E-state index contributed by atoms with van der Waals surface area (Å²) in [4.78, 5) is 10.6. The van der Waals surface area contributed by atoms with Gasteiger partial charge < -0.3 is 0 Å². The highest BCUT2D eigenvalue weighted by Crippen LogP contribution is 2.35. The molecule has 0 saturated heterocycles. The zero-order valence-corrected chi connectivity index (χ0v) is 8.16. The van der Waals surface area contributed by atoms with E-state index in [-0.39, 0.29) is 0 Å². The molecule has 0 aromatic heterocycles. The first-order valence-electron chi connectivity index (χ1n) is 3.78. The number of alkyl halides is 3. The Morgan fingerprint density at radius 3 is 2.31 bits per heavy atom. The van der Waals surface area contributed by atoms with Gasteiger partial charge in [-0.15, -0.1) is 0 Å². The number of halogens is 5. The van der Waals surface area contributed by atoms with Crippen LogP contribution in [0.5, 0.6) is 0 Å². The topological polar surface area (TPSA) is 40.9 Å². The lowest BCUT2D eigenvalue weighted by Gasteiger charge is -2.11. The zero-order chi connectivity index (χ0) is 12.5. The molecular weight excluding hydrogens is 250 g/mol. The summed E-state index contributed by atoms with van der Waals surface area (Å²) in [6.45, 7) is 0. The van der Waals surface area contributed by atoms with Gasteiger partial charge in [-0.05, 0) is 23.7 Å². The molecule has 1 aromatic rings. The van der Waals surface area contributed by atoms with Crippen LogP contribution >= 0.6 is 11.6 Å². The maximum absolute atomic E-state index is 13.3. The number of benzene rings is 1. The van der Waals surface area contributed by atoms with Crippen molar-refractivity contribution in [1.29, 1.82) is 5.26 Å².